The first-order valence-corrected chi connectivity index (χ1v) is 5.69. The summed E-state index contributed by atoms with van der Waals surface area (Å²) in [4.78, 5) is 29.4. The van der Waals surface area contributed by atoms with Crippen LogP contribution in [0.15, 0.2) is 20.8 Å². The van der Waals surface area contributed by atoms with Gasteiger partial charge in [0.15, 0.2) is 0 Å². The molecule has 22 heavy (non-hydrogen) atoms. The summed E-state index contributed by atoms with van der Waals surface area (Å²) in [5.41, 5.74) is 3.53. The molecule has 0 aromatic heterocycles. The molecule has 0 saturated carbocycles. The molecule has 0 bridgehead atoms. The molecule has 0 atom stereocenters. The number of nitrogens with two attached hydrogens (primary N) is 2. The van der Waals surface area contributed by atoms with Gasteiger partial charge in [-0.05, 0) is 12.8 Å². The van der Waals surface area contributed by atoms with E-state index in [1.54, 1.807) is 10.9 Å². The Morgan fingerprint density at radius 3 is 1.41 bits per heavy atom. The Bertz CT molecular complexity index is 289. The number of hydrogen-bond donors (Lipinski definition) is 4. The van der Waals surface area contributed by atoms with Gasteiger partial charge in [0, 0.05) is 69.7 Å². The van der Waals surface area contributed by atoms with Crippen LogP contribution in [0.1, 0.15) is 26.7 Å². The number of hydrazine groups is 2. The molecule has 0 fully saturated rings. The summed E-state index contributed by atoms with van der Waals surface area (Å²) in [6.45, 7) is 4.72. The van der Waals surface area contributed by atoms with Crippen molar-refractivity contribution < 1.29 is 19.3 Å². The van der Waals surface area contributed by atoms with Crippen LogP contribution in [0.5, 0.6) is 0 Å². The maximum Gasteiger partial charge on any atom is 0.376 e. The van der Waals surface area contributed by atoms with E-state index in [0.29, 0.717) is 13.2 Å². The Morgan fingerprint density at radius 2 is 1.18 bits per heavy atom. The molecular weight excluding hydrogens is 318 g/mol. The maximum absolute atomic E-state index is 10.2. The third kappa shape index (κ3) is 27.9. The summed E-state index contributed by atoms with van der Waals surface area (Å²) in [5, 5.41) is 12.1. The van der Waals surface area contributed by atoms with E-state index in [1.807, 2.05) is 13.8 Å². The van der Waals surface area contributed by atoms with Crippen LogP contribution in [0.3, 0.4) is 0 Å². The van der Waals surface area contributed by atoms with E-state index in [1.165, 1.54) is 0 Å². The molecule has 0 heterocycles. The molecule has 12 nitrogen and oxygen atoms in total. The molecule has 0 spiro atoms. The Labute approximate surface area is 172 Å². The van der Waals surface area contributed by atoms with E-state index < -0.39 is 12.1 Å². The fourth-order valence-electron chi connectivity index (χ4n) is 0.454. The van der Waals surface area contributed by atoms with Gasteiger partial charge in [-0.15, -0.1) is 0 Å². The second kappa shape index (κ2) is 25.6. The van der Waals surface area contributed by atoms with E-state index in [9.17, 15) is 9.59 Å². The van der Waals surface area contributed by atoms with Crippen molar-refractivity contribution in [2.75, 3.05) is 13.2 Å². The molecule has 4 amide bonds. The predicted octanol–water partition coefficient (Wildman–Crippen LogP) is -0.0346. The zero-order chi connectivity index (χ0) is 15.6. The number of carbonyl (C=O) groups is 2. The first-order valence-electron chi connectivity index (χ1n) is 5.69. The minimum atomic E-state index is -0.726. The molecule has 0 aliphatic carbocycles. The van der Waals surface area contributed by atoms with Crippen molar-refractivity contribution in [3.05, 3.63) is 0 Å². The van der Waals surface area contributed by atoms with Crippen molar-refractivity contribution in [2.45, 2.75) is 26.7 Å². The van der Waals surface area contributed by atoms with Gasteiger partial charge < -0.3 is 9.68 Å². The number of carbonyl (C=O) groups excluding carboxylic acids is 2. The van der Waals surface area contributed by atoms with Gasteiger partial charge in [0.05, 0.1) is 0 Å². The number of urea groups is 2. The largest absolute Gasteiger partial charge is 0.379 e. The zero-order valence-corrected chi connectivity index (χ0v) is 17.4. The Balaban J connectivity index is -0.000000135. The normalized spacial score (nSPS) is 8.91. The van der Waals surface area contributed by atoms with Gasteiger partial charge in [0.2, 0.25) is 0 Å². The van der Waals surface area contributed by atoms with E-state index in [4.69, 9.17) is 0 Å². The molecular formula is C8H20N8Na2O4. The molecule has 14 heteroatoms. The standard InChI is InChI=1S/2C4H10N4O2.2Na/c2*1-2-3-10-8-7-4(9)6-5;;/h2*2-3,5H2,1H3,(H,6,9);;. The fraction of sp³-hybridized carbons (Fsp3) is 0.750. The summed E-state index contributed by atoms with van der Waals surface area (Å²) in [7, 11) is 0. The van der Waals surface area contributed by atoms with E-state index in [-0.39, 0.29) is 59.1 Å². The van der Waals surface area contributed by atoms with E-state index in [2.05, 4.69) is 42.1 Å². The van der Waals surface area contributed by atoms with Crippen LogP contribution < -0.4 is 22.5 Å². The average molecular weight is 338 g/mol. The molecule has 0 saturated heterocycles. The molecule has 0 aromatic rings. The van der Waals surface area contributed by atoms with Crippen LogP contribution in [0.4, 0.5) is 9.59 Å². The van der Waals surface area contributed by atoms with Crippen LogP contribution in [0.2, 0.25) is 0 Å². The van der Waals surface area contributed by atoms with Crippen LogP contribution >= 0.6 is 0 Å². The Kier molecular flexibility index (Phi) is 34.5. The van der Waals surface area contributed by atoms with Crippen LogP contribution in [0.25, 0.3) is 0 Å². The number of nitrogens with one attached hydrogen (secondary N) is 2. The van der Waals surface area contributed by atoms with Crippen molar-refractivity contribution in [3.8, 4) is 0 Å². The van der Waals surface area contributed by atoms with E-state index in [0.717, 1.165) is 12.8 Å². The summed E-state index contributed by atoms with van der Waals surface area (Å²) in [5.74, 6) is 9.36. The van der Waals surface area contributed by atoms with Gasteiger partial charge in [0.25, 0.3) is 0 Å². The van der Waals surface area contributed by atoms with Gasteiger partial charge in [-0.2, -0.15) is 0 Å². The third-order valence-electron chi connectivity index (χ3n) is 1.22. The number of amides is 4. The third-order valence-corrected chi connectivity index (χ3v) is 1.22. The quantitative estimate of drug-likeness (QED) is 0.132. The Morgan fingerprint density at radius 1 is 0.864 bits per heavy atom. The first-order chi connectivity index (χ1) is 9.62. The van der Waals surface area contributed by atoms with Gasteiger partial charge in [-0.25, -0.2) is 21.3 Å². The van der Waals surface area contributed by atoms with Crippen LogP contribution in [-0.4, -0.2) is 84.4 Å². The second-order valence-corrected chi connectivity index (χ2v) is 2.93. The van der Waals surface area contributed by atoms with Crippen molar-refractivity contribution in [1.82, 2.24) is 10.9 Å². The van der Waals surface area contributed by atoms with E-state index >= 15 is 0 Å². The van der Waals surface area contributed by atoms with Crippen molar-refractivity contribution in [3.63, 3.8) is 0 Å². The number of hydrogen-bond acceptors (Lipinski definition) is 8. The van der Waals surface area contributed by atoms with Gasteiger partial charge in [-0.1, -0.05) is 24.1 Å². The summed E-state index contributed by atoms with van der Waals surface area (Å²) in [6.07, 6.45) is 1.65. The molecule has 0 rings (SSSR count). The van der Waals surface area contributed by atoms with Crippen molar-refractivity contribution >= 4 is 71.2 Å². The maximum atomic E-state index is 10.2. The monoisotopic (exact) mass is 338 g/mol. The number of nitrogens with zero attached hydrogens (tertiary/aromatic N) is 4. The second-order valence-electron chi connectivity index (χ2n) is 2.93. The minimum absolute atomic E-state index is 0. The fourth-order valence-corrected chi connectivity index (χ4v) is 0.454. The summed E-state index contributed by atoms with van der Waals surface area (Å²) >= 11 is 0. The molecule has 6 N–H and O–H groups in total. The zero-order valence-electron chi connectivity index (χ0n) is 13.4. The molecule has 0 aromatic carbocycles. The molecule has 2 radical (unpaired) electrons. The smallest absolute Gasteiger partial charge is 0.376 e. The summed E-state index contributed by atoms with van der Waals surface area (Å²) < 4.78 is 0. The average Bonchev–Trinajstić information content (AvgIpc) is 2.48. The van der Waals surface area contributed by atoms with Crippen molar-refractivity contribution in [1.29, 1.82) is 0 Å². The van der Waals surface area contributed by atoms with Crippen LogP contribution in [-0.2, 0) is 9.68 Å². The number of rotatable bonds is 6. The molecule has 0 unspecified atom stereocenters. The Hall–Kier alpha value is -0.340. The molecule has 0 aliphatic rings. The van der Waals surface area contributed by atoms with Gasteiger partial charge >= 0.3 is 12.1 Å². The molecule has 0 aliphatic heterocycles. The predicted molar refractivity (Wildman–Crippen MR) is 79.1 cm³/mol. The molecule has 118 valence electrons. The van der Waals surface area contributed by atoms with Gasteiger partial charge in [0.1, 0.15) is 13.2 Å². The summed E-state index contributed by atoms with van der Waals surface area (Å²) in [6, 6.07) is -1.45. The SMILES string of the molecule is CCCON=NC(=O)NN.CCCON=NC(=O)NN.[Na].[Na]. The van der Waals surface area contributed by atoms with Gasteiger partial charge in [-0.3, -0.25) is 10.9 Å². The first kappa shape index (κ1) is 29.6. The van der Waals surface area contributed by atoms with Crippen LogP contribution in [0, 0.1) is 0 Å². The topological polar surface area (TPSA) is 178 Å². The minimum Gasteiger partial charge on any atom is -0.379 e. The van der Waals surface area contributed by atoms with Crippen molar-refractivity contribution in [2.24, 2.45) is 32.5 Å².